The van der Waals surface area contributed by atoms with E-state index in [9.17, 15) is 4.79 Å². The molecule has 0 aromatic carbocycles. The van der Waals surface area contributed by atoms with Crippen molar-refractivity contribution in [2.75, 3.05) is 25.0 Å². The molecule has 6 heteroatoms. The molecule has 1 aliphatic carbocycles. The standard InChI is InChI=1S/C19H28N4O2/c1-2-17-21-15-9-11-23(19(24)16-5-3-4-12-25-16)10-8-14(15)18(22-17)20-13-6-7-13/h13,16H,2-12H2,1H3,(H,20,21,22). The number of ether oxygens (including phenoxy) is 1. The first-order valence-corrected chi connectivity index (χ1v) is 9.80. The summed E-state index contributed by atoms with van der Waals surface area (Å²) in [6.07, 6.45) is 7.70. The highest BCUT2D eigenvalue weighted by Crippen LogP contribution is 2.29. The lowest BCUT2D eigenvalue weighted by Gasteiger charge is -2.28. The van der Waals surface area contributed by atoms with Gasteiger partial charge in [-0.1, -0.05) is 6.92 Å². The van der Waals surface area contributed by atoms with Gasteiger partial charge in [-0.05, 0) is 38.5 Å². The number of fused-ring (bicyclic) bond motifs is 1. The summed E-state index contributed by atoms with van der Waals surface area (Å²) in [5, 5.41) is 3.57. The van der Waals surface area contributed by atoms with Gasteiger partial charge in [-0.15, -0.1) is 0 Å². The van der Waals surface area contributed by atoms with Crippen LogP contribution in [0.25, 0.3) is 0 Å². The van der Waals surface area contributed by atoms with Crippen molar-refractivity contribution in [1.82, 2.24) is 14.9 Å². The third kappa shape index (κ3) is 3.78. The number of aromatic nitrogens is 2. The number of nitrogens with zero attached hydrogens (tertiary/aromatic N) is 3. The summed E-state index contributed by atoms with van der Waals surface area (Å²) in [4.78, 5) is 24.3. The second-order valence-electron chi connectivity index (χ2n) is 7.37. The zero-order chi connectivity index (χ0) is 17.2. The van der Waals surface area contributed by atoms with Gasteiger partial charge in [-0.2, -0.15) is 0 Å². The minimum atomic E-state index is -0.240. The van der Waals surface area contributed by atoms with E-state index in [0.29, 0.717) is 12.6 Å². The first-order valence-electron chi connectivity index (χ1n) is 9.80. The fourth-order valence-corrected chi connectivity index (χ4v) is 3.71. The topological polar surface area (TPSA) is 67.4 Å². The summed E-state index contributed by atoms with van der Waals surface area (Å²) in [5.74, 6) is 2.07. The van der Waals surface area contributed by atoms with Gasteiger partial charge in [-0.3, -0.25) is 4.79 Å². The largest absolute Gasteiger partial charge is 0.368 e. The van der Waals surface area contributed by atoms with Crippen LogP contribution in [0.1, 0.15) is 56.1 Å². The lowest BCUT2D eigenvalue weighted by Crippen LogP contribution is -2.43. The zero-order valence-corrected chi connectivity index (χ0v) is 15.1. The maximum Gasteiger partial charge on any atom is 0.251 e. The Bertz CT molecular complexity index is 639. The molecular weight excluding hydrogens is 316 g/mol. The average Bonchev–Trinajstić information content (AvgIpc) is 3.48. The second kappa shape index (κ2) is 7.28. The number of amides is 1. The van der Waals surface area contributed by atoms with Crippen molar-refractivity contribution in [2.45, 2.75) is 70.4 Å². The molecule has 1 unspecified atom stereocenters. The first kappa shape index (κ1) is 16.8. The predicted molar refractivity (Wildman–Crippen MR) is 95.6 cm³/mol. The number of hydrogen-bond acceptors (Lipinski definition) is 5. The molecule has 1 amide bonds. The Morgan fingerprint density at radius 2 is 2.04 bits per heavy atom. The van der Waals surface area contributed by atoms with E-state index in [1.807, 2.05) is 4.90 Å². The molecule has 2 fully saturated rings. The monoisotopic (exact) mass is 344 g/mol. The van der Waals surface area contributed by atoms with E-state index in [4.69, 9.17) is 14.7 Å². The van der Waals surface area contributed by atoms with Crippen molar-refractivity contribution in [1.29, 1.82) is 0 Å². The van der Waals surface area contributed by atoms with Gasteiger partial charge >= 0.3 is 0 Å². The molecular formula is C19H28N4O2. The summed E-state index contributed by atoms with van der Waals surface area (Å²) in [6, 6.07) is 0.570. The van der Waals surface area contributed by atoms with Crippen LogP contribution < -0.4 is 5.32 Å². The van der Waals surface area contributed by atoms with Crippen LogP contribution in [0.15, 0.2) is 0 Å². The maximum atomic E-state index is 12.8. The summed E-state index contributed by atoms with van der Waals surface area (Å²) < 4.78 is 5.70. The Kier molecular flexibility index (Phi) is 4.88. The molecule has 1 aromatic rings. The number of nitrogens with one attached hydrogen (secondary N) is 1. The molecule has 0 bridgehead atoms. The minimum Gasteiger partial charge on any atom is -0.368 e. The lowest BCUT2D eigenvalue weighted by atomic mass is 10.1. The van der Waals surface area contributed by atoms with Crippen LogP contribution in [0.4, 0.5) is 5.82 Å². The first-order chi connectivity index (χ1) is 12.2. The van der Waals surface area contributed by atoms with Crippen molar-refractivity contribution in [3.63, 3.8) is 0 Å². The van der Waals surface area contributed by atoms with Crippen LogP contribution >= 0.6 is 0 Å². The van der Waals surface area contributed by atoms with Crippen molar-refractivity contribution in [3.8, 4) is 0 Å². The van der Waals surface area contributed by atoms with Gasteiger partial charge in [0.05, 0.1) is 5.69 Å². The zero-order valence-electron chi connectivity index (χ0n) is 15.1. The normalized spacial score (nSPS) is 23.7. The molecule has 6 nitrogen and oxygen atoms in total. The predicted octanol–water partition coefficient (Wildman–Crippen LogP) is 2.11. The molecule has 1 saturated carbocycles. The number of aryl methyl sites for hydroxylation is 1. The van der Waals surface area contributed by atoms with Gasteiger partial charge in [0, 0.05) is 44.1 Å². The quantitative estimate of drug-likeness (QED) is 0.906. The van der Waals surface area contributed by atoms with E-state index < -0.39 is 0 Å². The summed E-state index contributed by atoms with van der Waals surface area (Å²) in [5.41, 5.74) is 2.33. The Hall–Kier alpha value is -1.69. The van der Waals surface area contributed by atoms with Gasteiger partial charge in [0.25, 0.3) is 5.91 Å². The van der Waals surface area contributed by atoms with Crippen LogP contribution in [-0.4, -0.2) is 52.6 Å². The number of rotatable bonds is 4. The molecule has 1 saturated heterocycles. The number of carbonyl (C=O) groups is 1. The van der Waals surface area contributed by atoms with E-state index in [1.54, 1.807) is 0 Å². The van der Waals surface area contributed by atoms with Crippen LogP contribution in [0.3, 0.4) is 0 Å². The van der Waals surface area contributed by atoms with E-state index in [-0.39, 0.29) is 12.0 Å². The molecule has 0 spiro atoms. The van der Waals surface area contributed by atoms with Gasteiger partial charge in [-0.25, -0.2) is 9.97 Å². The number of carbonyl (C=O) groups excluding carboxylic acids is 1. The fraction of sp³-hybridized carbons (Fsp3) is 0.737. The van der Waals surface area contributed by atoms with Crippen LogP contribution in [0, 0.1) is 0 Å². The van der Waals surface area contributed by atoms with E-state index in [1.165, 1.54) is 18.4 Å². The molecule has 4 rings (SSSR count). The number of anilines is 1. The smallest absolute Gasteiger partial charge is 0.251 e. The van der Waals surface area contributed by atoms with E-state index in [0.717, 1.165) is 69.0 Å². The third-order valence-electron chi connectivity index (χ3n) is 5.39. The highest BCUT2D eigenvalue weighted by molar-refractivity contribution is 5.81. The SMILES string of the molecule is CCc1nc2c(c(NC3CC3)n1)CCN(C(=O)C1CCCCO1)CC2. The highest BCUT2D eigenvalue weighted by Gasteiger charge is 2.30. The molecule has 0 radical (unpaired) electrons. The minimum absolute atomic E-state index is 0.160. The molecule has 1 atom stereocenters. The van der Waals surface area contributed by atoms with Crippen molar-refractivity contribution >= 4 is 11.7 Å². The van der Waals surface area contributed by atoms with E-state index >= 15 is 0 Å². The van der Waals surface area contributed by atoms with Crippen molar-refractivity contribution < 1.29 is 9.53 Å². The Labute approximate surface area is 149 Å². The van der Waals surface area contributed by atoms with Crippen LogP contribution in [0.5, 0.6) is 0 Å². The van der Waals surface area contributed by atoms with E-state index in [2.05, 4.69) is 12.2 Å². The Balaban J connectivity index is 1.51. The number of hydrogen-bond donors (Lipinski definition) is 1. The fourth-order valence-electron chi connectivity index (χ4n) is 3.71. The second-order valence-corrected chi connectivity index (χ2v) is 7.37. The average molecular weight is 344 g/mol. The summed E-state index contributed by atoms with van der Waals surface area (Å²) in [7, 11) is 0. The van der Waals surface area contributed by atoms with Crippen molar-refractivity contribution in [3.05, 3.63) is 17.1 Å². The Morgan fingerprint density at radius 1 is 1.20 bits per heavy atom. The molecule has 25 heavy (non-hydrogen) atoms. The lowest BCUT2D eigenvalue weighted by molar-refractivity contribution is -0.146. The Morgan fingerprint density at radius 3 is 2.76 bits per heavy atom. The van der Waals surface area contributed by atoms with Crippen LogP contribution in [0.2, 0.25) is 0 Å². The maximum absolute atomic E-state index is 12.8. The van der Waals surface area contributed by atoms with Gasteiger partial charge in [0.15, 0.2) is 0 Å². The molecule has 3 heterocycles. The van der Waals surface area contributed by atoms with Gasteiger partial charge in [0.2, 0.25) is 0 Å². The molecule has 136 valence electrons. The molecule has 2 aliphatic heterocycles. The molecule has 3 aliphatic rings. The summed E-state index contributed by atoms with van der Waals surface area (Å²) in [6.45, 7) is 4.27. The summed E-state index contributed by atoms with van der Waals surface area (Å²) >= 11 is 0. The van der Waals surface area contributed by atoms with Gasteiger partial charge < -0.3 is 15.0 Å². The molecule has 1 N–H and O–H groups in total. The van der Waals surface area contributed by atoms with Gasteiger partial charge in [0.1, 0.15) is 17.7 Å². The van der Waals surface area contributed by atoms with Crippen LogP contribution in [-0.2, 0) is 28.8 Å². The highest BCUT2D eigenvalue weighted by atomic mass is 16.5. The third-order valence-corrected chi connectivity index (χ3v) is 5.39. The molecule has 1 aromatic heterocycles. The van der Waals surface area contributed by atoms with Crippen molar-refractivity contribution in [2.24, 2.45) is 0 Å².